The molecule has 0 bridgehead atoms. The van der Waals surface area contributed by atoms with Crippen LogP contribution in [0.3, 0.4) is 0 Å². The standard InChI is InChI=1S/C20H19ClN4O2/c1-12-4-7-18(27-3)17(10-12)25-20-22-9-8-16(24-20)19(26)23-14-6-5-13(2)15(21)11-14/h4-11H,1-3H3,(H,23,26)(H,22,24,25). The van der Waals surface area contributed by atoms with Crippen molar-refractivity contribution < 1.29 is 9.53 Å². The molecule has 2 N–H and O–H groups in total. The Morgan fingerprint density at radius 1 is 1.11 bits per heavy atom. The zero-order valence-electron chi connectivity index (χ0n) is 15.2. The molecule has 1 heterocycles. The number of hydrogen-bond donors (Lipinski definition) is 2. The lowest BCUT2D eigenvalue weighted by atomic mass is 10.2. The molecule has 1 aromatic heterocycles. The van der Waals surface area contributed by atoms with Gasteiger partial charge in [-0.25, -0.2) is 9.97 Å². The SMILES string of the molecule is COc1ccc(C)cc1Nc1nccc(C(=O)Nc2ccc(C)c(Cl)c2)n1. The zero-order chi connectivity index (χ0) is 19.4. The van der Waals surface area contributed by atoms with Gasteiger partial charge in [0.2, 0.25) is 5.95 Å². The van der Waals surface area contributed by atoms with Gasteiger partial charge < -0.3 is 15.4 Å². The first-order chi connectivity index (χ1) is 13.0. The molecule has 0 spiro atoms. The minimum absolute atomic E-state index is 0.232. The summed E-state index contributed by atoms with van der Waals surface area (Å²) in [7, 11) is 1.59. The van der Waals surface area contributed by atoms with Crippen LogP contribution in [0.1, 0.15) is 21.6 Å². The van der Waals surface area contributed by atoms with Crippen LogP contribution in [0, 0.1) is 13.8 Å². The minimum Gasteiger partial charge on any atom is -0.495 e. The Hall–Kier alpha value is -3.12. The molecule has 0 aliphatic rings. The third-order valence-corrected chi connectivity index (χ3v) is 4.33. The van der Waals surface area contributed by atoms with Gasteiger partial charge in [-0.05, 0) is 55.3 Å². The highest BCUT2D eigenvalue weighted by molar-refractivity contribution is 6.31. The van der Waals surface area contributed by atoms with Crippen molar-refractivity contribution in [2.45, 2.75) is 13.8 Å². The van der Waals surface area contributed by atoms with Crippen LogP contribution in [0.15, 0.2) is 48.7 Å². The lowest BCUT2D eigenvalue weighted by Gasteiger charge is -2.11. The molecule has 0 radical (unpaired) electrons. The van der Waals surface area contributed by atoms with Crippen LogP contribution in [-0.2, 0) is 0 Å². The summed E-state index contributed by atoms with van der Waals surface area (Å²) < 4.78 is 5.34. The quantitative estimate of drug-likeness (QED) is 0.665. The van der Waals surface area contributed by atoms with Gasteiger partial charge in [0, 0.05) is 16.9 Å². The van der Waals surface area contributed by atoms with Gasteiger partial charge in [-0.1, -0.05) is 23.7 Å². The van der Waals surface area contributed by atoms with Crippen molar-refractivity contribution in [1.82, 2.24) is 9.97 Å². The molecule has 0 saturated heterocycles. The van der Waals surface area contributed by atoms with E-state index in [1.54, 1.807) is 25.3 Å². The summed E-state index contributed by atoms with van der Waals surface area (Å²) >= 11 is 6.10. The van der Waals surface area contributed by atoms with Crippen LogP contribution in [0.2, 0.25) is 5.02 Å². The van der Waals surface area contributed by atoms with E-state index in [-0.39, 0.29) is 11.6 Å². The van der Waals surface area contributed by atoms with Gasteiger partial charge in [0.25, 0.3) is 5.91 Å². The van der Waals surface area contributed by atoms with Crippen LogP contribution in [0.4, 0.5) is 17.3 Å². The van der Waals surface area contributed by atoms with E-state index in [2.05, 4.69) is 20.6 Å². The lowest BCUT2D eigenvalue weighted by Crippen LogP contribution is -2.15. The van der Waals surface area contributed by atoms with E-state index in [0.717, 1.165) is 16.8 Å². The van der Waals surface area contributed by atoms with Crippen molar-refractivity contribution in [2.75, 3.05) is 17.7 Å². The third kappa shape index (κ3) is 4.54. The number of methoxy groups -OCH3 is 1. The summed E-state index contributed by atoms with van der Waals surface area (Å²) in [6.45, 7) is 3.87. The maximum absolute atomic E-state index is 12.5. The van der Waals surface area contributed by atoms with Crippen molar-refractivity contribution in [3.63, 3.8) is 0 Å². The highest BCUT2D eigenvalue weighted by Crippen LogP contribution is 2.27. The maximum Gasteiger partial charge on any atom is 0.274 e. The summed E-state index contributed by atoms with van der Waals surface area (Å²) in [5, 5.41) is 6.46. The molecule has 3 rings (SSSR count). The Bertz CT molecular complexity index is 991. The summed E-state index contributed by atoms with van der Waals surface area (Å²) in [6, 6.07) is 12.6. The molecule has 0 fully saturated rings. The van der Waals surface area contributed by atoms with Crippen molar-refractivity contribution in [3.05, 3.63) is 70.5 Å². The molecular weight excluding hydrogens is 364 g/mol. The molecule has 0 unspecified atom stereocenters. The normalized spacial score (nSPS) is 10.4. The van der Waals surface area contributed by atoms with E-state index in [1.807, 2.05) is 38.1 Å². The summed E-state index contributed by atoms with van der Waals surface area (Å²) in [4.78, 5) is 21.0. The number of rotatable bonds is 5. The van der Waals surface area contributed by atoms with Crippen LogP contribution >= 0.6 is 11.6 Å². The van der Waals surface area contributed by atoms with Gasteiger partial charge in [0.05, 0.1) is 12.8 Å². The first-order valence-corrected chi connectivity index (χ1v) is 8.66. The monoisotopic (exact) mass is 382 g/mol. The average molecular weight is 383 g/mol. The van der Waals surface area contributed by atoms with E-state index < -0.39 is 0 Å². The predicted molar refractivity (Wildman–Crippen MR) is 107 cm³/mol. The highest BCUT2D eigenvalue weighted by atomic mass is 35.5. The Labute approximate surface area is 162 Å². The largest absolute Gasteiger partial charge is 0.495 e. The van der Waals surface area contributed by atoms with E-state index in [9.17, 15) is 4.79 Å². The van der Waals surface area contributed by atoms with Gasteiger partial charge in [0.15, 0.2) is 0 Å². The first-order valence-electron chi connectivity index (χ1n) is 8.28. The van der Waals surface area contributed by atoms with Gasteiger partial charge in [-0.15, -0.1) is 0 Å². The number of amides is 1. The van der Waals surface area contributed by atoms with Gasteiger partial charge in [-0.3, -0.25) is 4.79 Å². The predicted octanol–water partition coefficient (Wildman–Crippen LogP) is 4.75. The fourth-order valence-corrected chi connectivity index (χ4v) is 2.63. The molecule has 2 aromatic carbocycles. The smallest absolute Gasteiger partial charge is 0.274 e. The molecule has 138 valence electrons. The first kappa shape index (κ1) is 18.7. The molecule has 0 atom stereocenters. The van der Waals surface area contributed by atoms with Crippen molar-refractivity contribution >= 4 is 34.8 Å². The maximum atomic E-state index is 12.5. The molecular formula is C20H19ClN4O2. The lowest BCUT2D eigenvalue weighted by molar-refractivity contribution is 0.102. The Balaban J connectivity index is 1.80. The summed E-state index contributed by atoms with van der Waals surface area (Å²) in [5.41, 5.74) is 3.55. The van der Waals surface area contributed by atoms with Gasteiger partial charge in [0.1, 0.15) is 11.4 Å². The van der Waals surface area contributed by atoms with Crippen molar-refractivity contribution in [3.8, 4) is 5.75 Å². The summed E-state index contributed by atoms with van der Waals surface area (Å²) in [6.07, 6.45) is 1.52. The molecule has 0 aliphatic heterocycles. The van der Waals surface area contributed by atoms with Crippen LogP contribution in [-0.4, -0.2) is 23.0 Å². The van der Waals surface area contributed by atoms with Crippen molar-refractivity contribution in [1.29, 1.82) is 0 Å². The number of benzene rings is 2. The van der Waals surface area contributed by atoms with E-state index in [0.29, 0.717) is 22.4 Å². The van der Waals surface area contributed by atoms with E-state index >= 15 is 0 Å². The fourth-order valence-electron chi connectivity index (χ4n) is 2.45. The fraction of sp³-hybridized carbons (Fsp3) is 0.150. The number of nitrogens with zero attached hydrogens (tertiary/aromatic N) is 2. The number of carbonyl (C=O) groups excluding carboxylic acids is 1. The van der Waals surface area contributed by atoms with Gasteiger partial charge >= 0.3 is 0 Å². The average Bonchev–Trinajstić information content (AvgIpc) is 2.65. The highest BCUT2D eigenvalue weighted by Gasteiger charge is 2.11. The molecule has 6 nitrogen and oxygen atoms in total. The van der Waals surface area contributed by atoms with Crippen LogP contribution < -0.4 is 15.4 Å². The number of halogens is 1. The molecule has 7 heteroatoms. The number of carbonyl (C=O) groups is 1. The second kappa shape index (κ2) is 8.05. The number of anilines is 3. The summed E-state index contributed by atoms with van der Waals surface area (Å²) in [5.74, 6) is 0.610. The number of hydrogen-bond acceptors (Lipinski definition) is 5. The second-order valence-electron chi connectivity index (χ2n) is 6.01. The number of nitrogens with one attached hydrogen (secondary N) is 2. The number of aromatic nitrogens is 2. The molecule has 0 saturated carbocycles. The zero-order valence-corrected chi connectivity index (χ0v) is 16.0. The number of ether oxygens (including phenoxy) is 1. The molecule has 1 amide bonds. The van der Waals surface area contributed by atoms with Gasteiger partial charge in [-0.2, -0.15) is 0 Å². The van der Waals surface area contributed by atoms with E-state index in [1.165, 1.54) is 6.20 Å². The third-order valence-electron chi connectivity index (χ3n) is 3.92. The molecule has 27 heavy (non-hydrogen) atoms. The second-order valence-corrected chi connectivity index (χ2v) is 6.42. The molecule has 3 aromatic rings. The van der Waals surface area contributed by atoms with E-state index in [4.69, 9.17) is 16.3 Å². The van der Waals surface area contributed by atoms with Crippen LogP contribution in [0.25, 0.3) is 0 Å². The number of aryl methyl sites for hydroxylation is 2. The van der Waals surface area contributed by atoms with Crippen molar-refractivity contribution in [2.24, 2.45) is 0 Å². The Kier molecular flexibility index (Phi) is 5.57. The Morgan fingerprint density at radius 2 is 1.93 bits per heavy atom. The Morgan fingerprint density at radius 3 is 2.67 bits per heavy atom. The van der Waals surface area contributed by atoms with Crippen LogP contribution in [0.5, 0.6) is 5.75 Å². The minimum atomic E-state index is -0.350. The topological polar surface area (TPSA) is 76.1 Å². The molecule has 0 aliphatic carbocycles.